The quantitative estimate of drug-likeness (QED) is 0.851. The second kappa shape index (κ2) is 6.17. The van der Waals surface area contributed by atoms with Gasteiger partial charge in [-0.15, -0.1) is 0 Å². The molecule has 0 spiro atoms. The van der Waals surface area contributed by atoms with Gasteiger partial charge in [0.1, 0.15) is 0 Å². The molecule has 1 saturated heterocycles. The third-order valence-electron chi connectivity index (χ3n) is 5.47. The maximum Gasteiger partial charge on any atom is 0.274 e. The SMILES string of the molecule is CC[C@H]1CN(C(=O)c2cc(C3CC3)n(C(C)(C)C)n2)C[C@@H]1N(C)C. The van der Waals surface area contributed by atoms with E-state index in [0.717, 1.165) is 19.5 Å². The number of amides is 1. The Kier molecular flexibility index (Phi) is 4.49. The minimum absolute atomic E-state index is 0.0837. The minimum atomic E-state index is -0.0837. The number of hydrogen-bond acceptors (Lipinski definition) is 3. The van der Waals surface area contributed by atoms with E-state index in [1.165, 1.54) is 18.5 Å². The molecular weight excluding hydrogens is 300 g/mol. The van der Waals surface area contributed by atoms with Crippen molar-refractivity contribution in [2.24, 2.45) is 5.92 Å². The molecule has 0 bridgehead atoms. The van der Waals surface area contributed by atoms with Gasteiger partial charge in [-0.25, -0.2) is 0 Å². The second-order valence-electron chi connectivity index (χ2n) is 8.72. The molecule has 3 rings (SSSR count). The predicted octanol–water partition coefficient (Wildman–Crippen LogP) is 2.93. The van der Waals surface area contributed by atoms with Crippen molar-refractivity contribution in [3.63, 3.8) is 0 Å². The van der Waals surface area contributed by atoms with E-state index in [9.17, 15) is 4.79 Å². The highest BCUT2D eigenvalue weighted by Gasteiger charge is 2.38. The first kappa shape index (κ1) is 17.5. The first-order chi connectivity index (χ1) is 11.2. The molecule has 0 aromatic carbocycles. The maximum atomic E-state index is 13.0. The molecule has 1 amide bonds. The largest absolute Gasteiger partial charge is 0.335 e. The lowest BCUT2D eigenvalue weighted by Crippen LogP contribution is -2.36. The van der Waals surface area contributed by atoms with Crippen LogP contribution in [-0.4, -0.2) is 58.7 Å². The highest BCUT2D eigenvalue weighted by atomic mass is 16.2. The van der Waals surface area contributed by atoms with Gasteiger partial charge in [-0.1, -0.05) is 13.3 Å². The van der Waals surface area contributed by atoms with Crippen LogP contribution < -0.4 is 0 Å². The van der Waals surface area contributed by atoms with E-state index in [4.69, 9.17) is 5.10 Å². The number of hydrogen-bond donors (Lipinski definition) is 0. The highest BCUT2D eigenvalue weighted by molar-refractivity contribution is 5.92. The van der Waals surface area contributed by atoms with E-state index in [0.29, 0.717) is 23.6 Å². The maximum absolute atomic E-state index is 13.0. The molecule has 1 aliphatic heterocycles. The van der Waals surface area contributed by atoms with Crippen molar-refractivity contribution in [1.29, 1.82) is 0 Å². The van der Waals surface area contributed by atoms with Gasteiger partial charge in [-0.05, 0) is 59.7 Å². The van der Waals surface area contributed by atoms with E-state index >= 15 is 0 Å². The summed E-state index contributed by atoms with van der Waals surface area (Å²) in [6, 6.07) is 2.50. The van der Waals surface area contributed by atoms with Gasteiger partial charge >= 0.3 is 0 Å². The van der Waals surface area contributed by atoms with Gasteiger partial charge < -0.3 is 9.80 Å². The van der Waals surface area contributed by atoms with Crippen LogP contribution in [0.3, 0.4) is 0 Å². The molecule has 2 heterocycles. The van der Waals surface area contributed by atoms with Crippen LogP contribution >= 0.6 is 0 Å². The summed E-state index contributed by atoms with van der Waals surface area (Å²) in [5.74, 6) is 1.24. The average Bonchev–Trinajstić information content (AvgIpc) is 3.10. The number of carbonyl (C=O) groups is 1. The van der Waals surface area contributed by atoms with Gasteiger partial charge in [0.15, 0.2) is 5.69 Å². The number of carbonyl (C=O) groups excluding carboxylic acids is 1. The Morgan fingerprint density at radius 2 is 1.96 bits per heavy atom. The second-order valence-corrected chi connectivity index (χ2v) is 8.72. The molecule has 0 radical (unpaired) electrons. The van der Waals surface area contributed by atoms with Crippen molar-refractivity contribution >= 4 is 5.91 Å². The van der Waals surface area contributed by atoms with Gasteiger partial charge in [0.25, 0.3) is 5.91 Å². The molecule has 2 atom stereocenters. The summed E-state index contributed by atoms with van der Waals surface area (Å²) in [5, 5.41) is 4.72. The number of aromatic nitrogens is 2. The van der Waals surface area contributed by atoms with Crippen LogP contribution in [-0.2, 0) is 5.54 Å². The van der Waals surface area contributed by atoms with E-state index < -0.39 is 0 Å². The topological polar surface area (TPSA) is 41.4 Å². The lowest BCUT2D eigenvalue weighted by atomic mass is 10.0. The first-order valence-corrected chi connectivity index (χ1v) is 9.28. The molecule has 5 heteroatoms. The summed E-state index contributed by atoms with van der Waals surface area (Å²) in [4.78, 5) is 17.3. The Morgan fingerprint density at radius 1 is 1.29 bits per heavy atom. The zero-order valence-corrected chi connectivity index (χ0v) is 16.0. The van der Waals surface area contributed by atoms with Crippen LogP contribution in [0.25, 0.3) is 0 Å². The first-order valence-electron chi connectivity index (χ1n) is 9.28. The molecular formula is C19H32N4O. The zero-order valence-electron chi connectivity index (χ0n) is 16.0. The Morgan fingerprint density at radius 3 is 2.42 bits per heavy atom. The zero-order chi connectivity index (χ0) is 17.6. The van der Waals surface area contributed by atoms with Crippen LogP contribution in [0.2, 0.25) is 0 Å². The summed E-state index contributed by atoms with van der Waals surface area (Å²) < 4.78 is 2.08. The molecule has 5 nitrogen and oxygen atoms in total. The normalized spacial score (nSPS) is 24.9. The van der Waals surface area contributed by atoms with E-state index in [1.807, 2.05) is 4.90 Å². The summed E-state index contributed by atoms with van der Waals surface area (Å²) >= 11 is 0. The fourth-order valence-electron chi connectivity index (χ4n) is 3.88. The predicted molar refractivity (Wildman–Crippen MR) is 96.4 cm³/mol. The lowest BCUT2D eigenvalue weighted by molar-refractivity contribution is 0.0773. The third-order valence-corrected chi connectivity index (χ3v) is 5.47. The standard InChI is InChI=1S/C19H32N4O/c1-7-13-11-22(12-17(13)21(5)6)18(24)15-10-16(14-8-9-14)23(20-15)19(2,3)4/h10,13-14,17H,7-9,11-12H2,1-6H3/t13-,17-/m0/s1. The van der Waals surface area contributed by atoms with Crippen molar-refractivity contribution in [1.82, 2.24) is 19.6 Å². The lowest BCUT2D eigenvalue weighted by Gasteiger charge is -2.23. The van der Waals surface area contributed by atoms with Crippen molar-refractivity contribution < 1.29 is 4.79 Å². The molecule has 0 unspecified atom stereocenters. The Bertz CT molecular complexity index is 609. The van der Waals surface area contributed by atoms with Crippen LogP contribution in [0.4, 0.5) is 0 Å². The number of nitrogens with zero attached hydrogens (tertiary/aromatic N) is 4. The molecule has 1 aromatic rings. The average molecular weight is 332 g/mol. The Hall–Kier alpha value is -1.36. The molecule has 0 N–H and O–H groups in total. The fraction of sp³-hybridized carbons (Fsp3) is 0.789. The molecule has 1 aromatic heterocycles. The van der Waals surface area contributed by atoms with Crippen molar-refractivity contribution in [3.8, 4) is 0 Å². The molecule has 1 aliphatic carbocycles. The van der Waals surface area contributed by atoms with Gasteiger partial charge in [-0.2, -0.15) is 5.10 Å². The van der Waals surface area contributed by atoms with Crippen molar-refractivity contribution in [2.75, 3.05) is 27.2 Å². The van der Waals surface area contributed by atoms with E-state index in [-0.39, 0.29) is 11.4 Å². The fourth-order valence-corrected chi connectivity index (χ4v) is 3.88. The van der Waals surface area contributed by atoms with E-state index in [1.54, 1.807) is 0 Å². The highest BCUT2D eigenvalue weighted by Crippen LogP contribution is 2.42. The van der Waals surface area contributed by atoms with Gasteiger partial charge in [0.05, 0.1) is 5.54 Å². The molecule has 1 saturated carbocycles. The number of likely N-dealkylation sites (tertiary alicyclic amines) is 1. The minimum Gasteiger partial charge on any atom is -0.335 e. The summed E-state index contributed by atoms with van der Waals surface area (Å²) in [6.45, 7) is 10.3. The van der Waals surface area contributed by atoms with Gasteiger partial charge in [-0.3, -0.25) is 9.48 Å². The van der Waals surface area contributed by atoms with Crippen molar-refractivity contribution in [2.45, 2.75) is 64.5 Å². The van der Waals surface area contributed by atoms with Gasteiger partial charge in [0, 0.05) is 30.7 Å². The third kappa shape index (κ3) is 3.23. The summed E-state index contributed by atoms with van der Waals surface area (Å²) in [6.07, 6.45) is 3.55. The Labute approximate surface area is 146 Å². The number of likely N-dealkylation sites (N-methyl/N-ethyl adjacent to an activating group) is 1. The van der Waals surface area contributed by atoms with E-state index in [2.05, 4.69) is 57.4 Å². The van der Waals surface area contributed by atoms with Crippen molar-refractivity contribution in [3.05, 3.63) is 17.5 Å². The van der Waals surface area contributed by atoms with Crippen LogP contribution in [0, 0.1) is 5.92 Å². The summed E-state index contributed by atoms with van der Waals surface area (Å²) in [7, 11) is 4.22. The molecule has 24 heavy (non-hydrogen) atoms. The molecule has 2 aliphatic rings. The smallest absolute Gasteiger partial charge is 0.274 e. The van der Waals surface area contributed by atoms with Crippen LogP contribution in [0.1, 0.15) is 69.1 Å². The Balaban J connectivity index is 1.83. The summed E-state index contributed by atoms with van der Waals surface area (Å²) in [5.41, 5.74) is 1.78. The number of rotatable bonds is 4. The molecule has 134 valence electrons. The van der Waals surface area contributed by atoms with Crippen LogP contribution in [0.5, 0.6) is 0 Å². The molecule has 2 fully saturated rings. The monoisotopic (exact) mass is 332 g/mol. The van der Waals surface area contributed by atoms with Gasteiger partial charge in [0.2, 0.25) is 0 Å². The van der Waals surface area contributed by atoms with Crippen LogP contribution in [0.15, 0.2) is 6.07 Å².